The molecule has 0 spiro atoms. The van der Waals surface area contributed by atoms with Gasteiger partial charge in [-0.2, -0.15) is 0 Å². The van der Waals surface area contributed by atoms with E-state index in [0.717, 1.165) is 12.8 Å². The first-order chi connectivity index (χ1) is 10.3. The molecule has 0 amide bonds. The molecule has 1 saturated heterocycles. The molecule has 0 saturated carbocycles. The Morgan fingerprint density at radius 1 is 0.857 bits per heavy atom. The molecule has 1 aliphatic heterocycles. The van der Waals surface area contributed by atoms with E-state index >= 15 is 0 Å². The monoisotopic (exact) mass is 299 g/mol. The molecular formula is C18H37NO2. The van der Waals surface area contributed by atoms with Gasteiger partial charge in [0.25, 0.3) is 0 Å². The fourth-order valence-corrected chi connectivity index (χ4v) is 3.35. The van der Waals surface area contributed by atoms with Crippen LogP contribution in [0.25, 0.3) is 0 Å². The summed E-state index contributed by atoms with van der Waals surface area (Å²) in [5.74, 6) is 0. The van der Waals surface area contributed by atoms with Gasteiger partial charge in [0.2, 0.25) is 0 Å². The number of hydrogen-bond donors (Lipinski definition) is 3. The van der Waals surface area contributed by atoms with Gasteiger partial charge in [-0.05, 0) is 19.3 Å². The van der Waals surface area contributed by atoms with Crippen LogP contribution in [0, 0.1) is 0 Å². The maximum absolute atomic E-state index is 9.71. The van der Waals surface area contributed by atoms with Crippen LogP contribution < -0.4 is 5.32 Å². The Morgan fingerprint density at radius 2 is 1.43 bits per heavy atom. The van der Waals surface area contributed by atoms with Gasteiger partial charge in [0, 0.05) is 6.04 Å². The second-order valence-corrected chi connectivity index (χ2v) is 6.77. The minimum Gasteiger partial charge on any atom is -0.395 e. The molecule has 1 rings (SSSR count). The maximum atomic E-state index is 9.71. The molecule has 0 radical (unpaired) electrons. The van der Waals surface area contributed by atoms with Gasteiger partial charge in [-0.1, -0.05) is 71.1 Å². The number of aliphatic hydroxyl groups is 2. The van der Waals surface area contributed by atoms with Gasteiger partial charge in [0.05, 0.1) is 18.8 Å². The lowest BCUT2D eigenvalue weighted by Gasteiger charge is -2.34. The smallest absolute Gasteiger partial charge is 0.0716 e. The van der Waals surface area contributed by atoms with Crippen LogP contribution in [-0.2, 0) is 0 Å². The predicted octanol–water partition coefficient (Wildman–Crippen LogP) is 3.77. The van der Waals surface area contributed by atoms with Crippen molar-refractivity contribution in [2.24, 2.45) is 0 Å². The van der Waals surface area contributed by atoms with Crippen LogP contribution in [0.3, 0.4) is 0 Å². The Morgan fingerprint density at radius 3 is 2.00 bits per heavy atom. The van der Waals surface area contributed by atoms with E-state index in [9.17, 15) is 10.2 Å². The summed E-state index contributed by atoms with van der Waals surface area (Å²) < 4.78 is 0. The number of nitrogens with one attached hydrogen (secondary N) is 1. The lowest BCUT2D eigenvalue weighted by molar-refractivity contribution is 0.0482. The first-order valence-electron chi connectivity index (χ1n) is 9.33. The van der Waals surface area contributed by atoms with E-state index < -0.39 is 0 Å². The molecule has 0 aliphatic carbocycles. The molecule has 0 aromatic carbocycles. The van der Waals surface area contributed by atoms with E-state index in [1.54, 1.807) is 0 Å². The zero-order valence-electron chi connectivity index (χ0n) is 14.0. The Bertz CT molecular complexity index is 235. The molecule has 3 nitrogen and oxygen atoms in total. The molecular weight excluding hydrogens is 262 g/mol. The Labute approximate surface area is 131 Å². The van der Waals surface area contributed by atoms with Gasteiger partial charge in [-0.3, -0.25) is 0 Å². The van der Waals surface area contributed by atoms with Crippen molar-refractivity contribution in [3.8, 4) is 0 Å². The van der Waals surface area contributed by atoms with Gasteiger partial charge in [-0.25, -0.2) is 0 Å². The SMILES string of the molecule is CCCCCCCCCCCC[C@H]1CC[C@@H](O)[C@H](CO)N1. The van der Waals surface area contributed by atoms with Crippen LogP contribution >= 0.6 is 0 Å². The third-order valence-corrected chi connectivity index (χ3v) is 4.83. The number of hydrogen-bond acceptors (Lipinski definition) is 3. The number of aliphatic hydroxyl groups excluding tert-OH is 2. The molecule has 0 bridgehead atoms. The highest BCUT2D eigenvalue weighted by Crippen LogP contribution is 2.18. The third kappa shape index (κ3) is 8.80. The van der Waals surface area contributed by atoms with Gasteiger partial charge in [-0.15, -0.1) is 0 Å². The summed E-state index contributed by atoms with van der Waals surface area (Å²) in [5, 5.41) is 22.3. The van der Waals surface area contributed by atoms with Crippen molar-refractivity contribution < 1.29 is 10.2 Å². The van der Waals surface area contributed by atoms with Crippen molar-refractivity contribution in [2.45, 2.75) is 109 Å². The lowest BCUT2D eigenvalue weighted by atomic mass is 9.93. The standard InChI is InChI=1S/C18H37NO2/c1-2-3-4-5-6-7-8-9-10-11-12-16-13-14-18(21)17(15-20)19-16/h16-21H,2-15H2,1H3/t16-,17-,18+/m0/s1. The predicted molar refractivity (Wildman–Crippen MR) is 89.5 cm³/mol. The molecule has 21 heavy (non-hydrogen) atoms. The molecule has 1 aliphatic rings. The van der Waals surface area contributed by atoms with Crippen LogP contribution in [0.15, 0.2) is 0 Å². The van der Waals surface area contributed by atoms with E-state index in [2.05, 4.69) is 12.2 Å². The Kier molecular flexibility index (Phi) is 11.2. The summed E-state index contributed by atoms with van der Waals surface area (Å²) in [6.07, 6.45) is 16.5. The third-order valence-electron chi connectivity index (χ3n) is 4.83. The summed E-state index contributed by atoms with van der Waals surface area (Å²) in [6.45, 7) is 2.32. The summed E-state index contributed by atoms with van der Waals surface area (Å²) in [7, 11) is 0. The lowest BCUT2D eigenvalue weighted by Crippen LogP contribution is -2.52. The second-order valence-electron chi connectivity index (χ2n) is 6.77. The fourth-order valence-electron chi connectivity index (χ4n) is 3.35. The summed E-state index contributed by atoms with van der Waals surface area (Å²) in [5.41, 5.74) is 0. The van der Waals surface area contributed by atoms with E-state index in [0.29, 0.717) is 6.04 Å². The molecule has 1 heterocycles. The highest BCUT2D eigenvalue weighted by molar-refractivity contribution is 4.86. The zero-order valence-corrected chi connectivity index (χ0v) is 14.0. The summed E-state index contributed by atoms with van der Waals surface area (Å²) >= 11 is 0. The molecule has 3 atom stereocenters. The summed E-state index contributed by atoms with van der Waals surface area (Å²) in [6, 6.07) is 0.395. The van der Waals surface area contributed by atoms with Crippen molar-refractivity contribution in [1.29, 1.82) is 0 Å². The van der Waals surface area contributed by atoms with Gasteiger partial charge in [0.15, 0.2) is 0 Å². The second kappa shape index (κ2) is 12.4. The molecule has 0 aromatic heterocycles. The van der Waals surface area contributed by atoms with Crippen LogP contribution in [0.2, 0.25) is 0 Å². The average molecular weight is 299 g/mol. The first-order valence-corrected chi connectivity index (χ1v) is 9.33. The van der Waals surface area contributed by atoms with Crippen molar-refractivity contribution in [3.05, 3.63) is 0 Å². The van der Waals surface area contributed by atoms with E-state index in [1.807, 2.05) is 0 Å². The molecule has 3 heteroatoms. The van der Waals surface area contributed by atoms with Crippen molar-refractivity contribution in [3.63, 3.8) is 0 Å². The van der Waals surface area contributed by atoms with Crippen molar-refractivity contribution >= 4 is 0 Å². The highest BCUT2D eigenvalue weighted by Gasteiger charge is 2.27. The average Bonchev–Trinajstić information content (AvgIpc) is 2.50. The minimum atomic E-state index is -0.362. The Balaban J connectivity index is 1.88. The molecule has 0 aromatic rings. The van der Waals surface area contributed by atoms with E-state index in [-0.39, 0.29) is 18.8 Å². The van der Waals surface area contributed by atoms with Crippen molar-refractivity contribution in [1.82, 2.24) is 5.32 Å². The maximum Gasteiger partial charge on any atom is 0.0716 e. The fraction of sp³-hybridized carbons (Fsp3) is 1.00. The minimum absolute atomic E-state index is 0.0513. The van der Waals surface area contributed by atoms with Gasteiger partial charge in [0.1, 0.15) is 0 Å². The topological polar surface area (TPSA) is 52.5 Å². The van der Waals surface area contributed by atoms with Gasteiger partial charge >= 0.3 is 0 Å². The number of piperidine rings is 1. The zero-order chi connectivity index (χ0) is 15.3. The van der Waals surface area contributed by atoms with Crippen LogP contribution in [-0.4, -0.2) is 35.0 Å². The largest absolute Gasteiger partial charge is 0.395 e. The molecule has 0 unspecified atom stereocenters. The summed E-state index contributed by atoms with van der Waals surface area (Å²) in [4.78, 5) is 0. The number of rotatable bonds is 12. The van der Waals surface area contributed by atoms with Gasteiger partial charge < -0.3 is 15.5 Å². The van der Waals surface area contributed by atoms with Crippen molar-refractivity contribution in [2.75, 3.05) is 6.61 Å². The molecule has 126 valence electrons. The van der Waals surface area contributed by atoms with Crippen LogP contribution in [0.5, 0.6) is 0 Å². The quantitative estimate of drug-likeness (QED) is 0.481. The van der Waals surface area contributed by atoms with E-state index in [4.69, 9.17) is 0 Å². The highest BCUT2D eigenvalue weighted by atomic mass is 16.3. The molecule has 1 fully saturated rings. The normalized spacial score (nSPS) is 26.1. The first kappa shape index (κ1) is 18.9. The Hall–Kier alpha value is -0.120. The number of unbranched alkanes of at least 4 members (excludes halogenated alkanes) is 9. The molecule has 3 N–H and O–H groups in total. The van der Waals surface area contributed by atoms with Crippen LogP contribution in [0.4, 0.5) is 0 Å². The van der Waals surface area contributed by atoms with Crippen LogP contribution in [0.1, 0.15) is 90.4 Å². The van der Waals surface area contributed by atoms with E-state index in [1.165, 1.54) is 70.6 Å².